The van der Waals surface area contributed by atoms with Crippen molar-refractivity contribution in [3.63, 3.8) is 0 Å². The van der Waals surface area contributed by atoms with Crippen LogP contribution in [-0.4, -0.2) is 32.2 Å². The molecule has 4 nitrogen and oxygen atoms in total. The lowest BCUT2D eigenvalue weighted by Crippen LogP contribution is -2.37. The summed E-state index contributed by atoms with van der Waals surface area (Å²) >= 11 is 0. The Hall–Kier alpha value is -1.42. The molecule has 0 saturated carbocycles. The first-order valence-electron chi connectivity index (χ1n) is 6.41. The zero-order chi connectivity index (χ0) is 13.9. The summed E-state index contributed by atoms with van der Waals surface area (Å²) in [6.07, 6.45) is 5.20. The summed E-state index contributed by atoms with van der Waals surface area (Å²) in [7, 11) is 0. The summed E-state index contributed by atoms with van der Waals surface area (Å²) in [4.78, 5) is 4.36. The van der Waals surface area contributed by atoms with Crippen LogP contribution in [0.2, 0.25) is 0 Å². The van der Waals surface area contributed by atoms with Gasteiger partial charge in [-0.2, -0.15) is 0 Å². The van der Waals surface area contributed by atoms with Crippen LogP contribution in [0.15, 0.2) is 29.3 Å². The van der Waals surface area contributed by atoms with Gasteiger partial charge in [0, 0.05) is 6.54 Å². The van der Waals surface area contributed by atoms with Crippen LogP contribution >= 0.6 is 24.0 Å². The number of rotatable bonds is 6. The zero-order valence-electron chi connectivity index (χ0n) is 12.0. The van der Waals surface area contributed by atoms with Gasteiger partial charge in [0.05, 0.1) is 13.1 Å². The molecule has 1 aromatic rings. The summed E-state index contributed by atoms with van der Waals surface area (Å²) in [5.74, 6) is 4.10. The van der Waals surface area contributed by atoms with Gasteiger partial charge >= 0.3 is 0 Å². The predicted octanol–water partition coefficient (Wildman–Crippen LogP) is 2.18. The number of halogens is 1. The minimum atomic E-state index is 0. The number of aliphatic imine (C=N–C) groups is 1. The lowest BCUT2D eigenvalue weighted by molar-refractivity contribution is 0.328. The fourth-order valence-electron chi connectivity index (χ4n) is 1.50. The van der Waals surface area contributed by atoms with E-state index in [2.05, 4.69) is 21.5 Å². The lowest BCUT2D eigenvalue weighted by Gasteiger charge is -2.09. The fraction of sp³-hybridized carbons (Fsp3) is 0.400. The molecule has 0 aliphatic carbocycles. The normalized spacial score (nSPS) is 10.2. The Labute approximate surface area is 138 Å². The molecule has 0 saturated heterocycles. The van der Waals surface area contributed by atoms with Crippen LogP contribution in [0, 0.1) is 19.3 Å². The van der Waals surface area contributed by atoms with E-state index < -0.39 is 0 Å². The SMILES string of the molecule is C#CCNC(=NCCOc1cccc(C)c1)NCC.I. The molecule has 5 heteroatoms. The predicted molar refractivity (Wildman–Crippen MR) is 94.9 cm³/mol. The summed E-state index contributed by atoms with van der Waals surface area (Å²) in [5.41, 5.74) is 1.19. The van der Waals surface area contributed by atoms with E-state index in [0.29, 0.717) is 25.7 Å². The van der Waals surface area contributed by atoms with Crippen LogP contribution in [0.25, 0.3) is 0 Å². The van der Waals surface area contributed by atoms with Crippen molar-refractivity contribution in [2.45, 2.75) is 13.8 Å². The van der Waals surface area contributed by atoms with Crippen molar-refractivity contribution in [1.29, 1.82) is 0 Å². The smallest absolute Gasteiger partial charge is 0.192 e. The third kappa shape index (κ3) is 7.89. The third-order valence-corrected chi connectivity index (χ3v) is 2.32. The summed E-state index contributed by atoms with van der Waals surface area (Å²) in [6, 6.07) is 7.97. The summed E-state index contributed by atoms with van der Waals surface area (Å²) in [5, 5.41) is 6.14. The Morgan fingerprint density at radius 3 is 2.85 bits per heavy atom. The first kappa shape index (κ1) is 18.6. The molecule has 0 atom stereocenters. The number of ether oxygens (including phenoxy) is 1. The molecule has 0 heterocycles. The van der Waals surface area contributed by atoms with Gasteiger partial charge in [-0.1, -0.05) is 18.1 Å². The van der Waals surface area contributed by atoms with Gasteiger partial charge in [0.2, 0.25) is 0 Å². The average Bonchev–Trinajstić information content (AvgIpc) is 2.41. The standard InChI is InChI=1S/C15H21N3O.HI/c1-4-9-17-15(16-5-2)18-10-11-19-14-8-6-7-13(3)12-14;/h1,6-8,12H,5,9-11H2,2-3H3,(H2,16,17,18);1H. The van der Waals surface area contributed by atoms with E-state index in [0.717, 1.165) is 12.3 Å². The van der Waals surface area contributed by atoms with E-state index in [1.807, 2.05) is 38.1 Å². The molecule has 110 valence electrons. The maximum Gasteiger partial charge on any atom is 0.192 e. The van der Waals surface area contributed by atoms with E-state index in [1.54, 1.807) is 0 Å². The molecule has 20 heavy (non-hydrogen) atoms. The molecule has 0 spiro atoms. The molecule has 0 radical (unpaired) electrons. The van der Waals surface area contributed by atoms with Gasteiger partial charge in [-0.25, -0.2) is 4.99 Å². The molecule has 0 amide bonds. The van der Waals surface area contributed by atoms with Crippen LogP contribution in [0.1, 0.15) is 12.5 Å². The number of hydrogen-bond acceptors (Lipinski definition) is 2. The molecule has 0 aliphatic heterocycles. The van der Waals surface area contributed by atoms with Gasteiger partial charge in [0.25, 0.3) is 0 Å². The first-order chi connectivity index (χ1) is 9.26. The number of guanidine groups is 1. The highest BCUT2D eigenvalue weighted by Crippen LogP contribution is 2.11. The number of hydrogen-bond donors (Lipinski definition) is 2. The van der Waals surface area contributed by atoms with Crippen LogP contribution in [0.5, 0.6) is 5.75 Å². The number of terminal acetylenes is 1. The largest absolute Gasteiger partial charge is 0.492 e. The minimum absolute atomic E-state index is 0. The van der Waals surface area contributed by atoms with Crippen molar-refractivity contribution in [1.82, 2.24) is 10.6 Å². The third-order valence-electron chi connectivity index (χ3n) is 2.32. The lowest BCUT2D eigenvalue weighted by atomic mass is 10.2. The highest BCUT2D eigenvalue weighted by atomic mass is 127. The van der Waals surface area contributed by atoms with Gasteiger partial charge in [-0.3, -0.25) is 0 Å². The van der Waals surface area contributed by atoms with Crippen LogP contribution < -0.4 is 15.4 Å². The average molecular weight is 387 g/mol. The second kappa shape index (κ2) is 11.4. The van der Waals surface area contributed by atoms with Crippen LogP contribution in [0.4, 0.5) is 0 Å². The van der Waals surface area contributed by atoms with Gasteiger partial charge in [0.1, 0.15) is 12.4 Å². The Morgan fingerprint density at radius 2 is 2.20 bits per heavy atom. The van der Waals surface area contributed by atoms with Crippen molar-refractivity contribution in [2.75, 3.05) is 26.2 Å². The van der Waals surface area contributed by atoms with Gasteiger partial charge in [-0.15, -0.1) is 30.4 Å². The molecule has 1 rings (SSSR count). The fourth-order valence-corrected chi connectivity index (χ4v) is 1.50. The number of nitrogens with one attached hydrogen (secondary N) is 2. The summed E-state index contributed by atoms with van der Waals surface area (Å²) < 4.78 is 5.62. The van der Waals surface area contributed by atoms with Crippen molar-refractivity contribution in [2.24, 2.45) is 4.99 Å². The quantitative estimate of drug-likeness (QED) is 0.259. The first-order valence-corrected chi connectivity index (χ1v) is 6.41. The second-order valence-electron chi connectivity index (χ2n) is 3.98. The molecule has 0 fully saturated rings. The Morgan fingerprint density at radius 1 is 1.40 bits per heavy atom. The van der Waals surface area contributed by atoms with Crippen molar-refractivity contribution in [3.8, 4) is 18.1 Å². The maximum absolute atomic E-state index is 5.62. The monoisotopic (exact) mass is 387 g/mol. The zero-order valence-corrected chi connectivity index (χ0v) is 14.3. The Bertz CT molecular complexity index is 455. The minimum Gasteiger partial charge on any atom is -0.492 e. The molecular weight excluding hydrogens is 365 g/mol. The highest BCUT2D eigenvalue weighted by Gasteiger charge is 1.96. The van der Waals surface area contributed by atoms with Crippen LogP contribution in [0.3, 0.4) is 0 Å². The molecule has 0 unspecified atom stereocenters. The van der Waals surface area contributed by atoms with Gasteiger partial charge < -0.3 is 15.4 Å². The highest BCUT2D eigenvalue weighted by molar-refractivity contribution is 14.0. The molecule has 0 bridgehead atoms. The molecular formula is C15H22IN3O. The van der Waals surface area contributed by atoms with Gasteiger partial charge in [-0.05, 0) is 31.5 Å². The van der Waals surface area contributed by atoms with Crippen molar-refractivity contribution in [3.05, 3.63) is 29.8 Å². The number of nitrogens with zero attached hydrogens (tertiary/aromatic N) is 1. The van der Waals surface area contributed by atoms with E-state index in [1.165, 1.54) is 5.56 Å². The van der Waals surface area contributed by atoms with Crippen LogP contribution in [-0.2, 0) is 0 Å². The molecule has 0 aromatic heterocycles. The van der Waals surface area contributed by atoms with E-state index in [-0.39, 0.29) is 24.0 Å². The topological polar surface area (TPSA) is 45.7 Å². The van der Waals surface area contributed by atoms with E-state index in [9.17, 15) is 0 Å². The van der Waals surface area contributed by atoms with E-state index >= 15 is 0 Å². The number of benzene rings is 1. The molecule has 0 aliphatic rings. The Kier molecular flexibility index (Phi) is 10.6. The van der Waals surface area contributed by atoms with E-state index in [4.69, 9.17) is 11.2 Å². The van der Waals surface area contributed by atoms with Gasteiger partial charge in [0.15, 0.2) is 5.96 Å². The van der Waals surface area contributed by atoms with Crippen molar-refractivity contribution < 1.29 is 4.74 Å². The van der Waals surface area contributed by atoms with Crippen molar-refractivity contribution >= 4 is 29.9 Å². The Balaban J connectivity index is 0.00000361. The second-order valence-corrected chi connectivity index (χ2v) is 3.98. The molecule has 2 N–H and O–H groups in total. The summed E-state index contributed by atoms with van der Waals surface area (Å²) in [6.45, 7) is 6.43. The maximum atomic E-state index is 5.62. The number of aryl methyl sites for hydroxylation is 1. The molecule has 1 aromatic carbocycles.